The van der Waals surface area contributed by atoms with E-state index in [4.69, 9.17) is 0 Å². The van der Waals surface area contributed by atoms with Gasteiger partial charge in [-0.15, -0.1) is 0 Å². The number of hydrogen-bond acceptors (Lipinski definition) is 3. The Morgan fingerprint density at radius 3 is 2.93 bits per heavy atom. The molecule has 1 heterocycles. The van der Waals surface area contributed by atoms with E-state index in [0.717, 1.165) is 16.6 Å². The van der Waals surface area contributed by atoms with E-state index < -0.39 is 0 Å². The number of pyridine rings is 1. The SMILES string of the molecule is CNC(CSC)Cc1cncc(Br)c1. The molecule has 1 rings (SSSR count). The van der Waals surface area contributed by atoms with Crippen LogP contribution in [0.1, 0.15) is 5.56 Å². The lowest BCUT2D eigenvalue weighted by Crippen LogP contribution is -2.29. The van der Waals surface area contributed by atoms with Crippen LogP contribution in [0.5, 0.6) is 0 Å². The molecule has 0 aliphatic carbocycles. The average Bonchev–Trinajstić information content (AvgIpc) is 2.17. The van der Waals surface area contributed by atoms with Gasteiger partial charge in [-0.25, -0.2) is 0 Å². The number of hydrogen-bond donors (Lipinski definition) is 1. The van der Waals surface area contributed by atoms with Crippen molar-refractivity contribution >= 4 is 27.7 Å². The second-order valence-electron chi connectivity index (χ2n) is 3.16. The zero-order valence-corrected chi connectivity index (χ0v) is 10.9. The lowest BCUT2D eigenvalue weighted by atomic mass is 10.1. The van der Waals surface area contributed by atoms with Gasteiger partial charge in [0, 0.05) is 28.7 Å². The van der Waals surface area contributed by atoms with Crippen LogP contribution in [0.4, 0.5) is 0 Å². The second-order valence-corrected chi connectivity index (χ2v) is 4.98. The van der Waals surface area contributed by atoms with Gasteiger partial charge in [0.15, 0.2) is 0 Å². The van der Waals surface area contributed by atoms with E-state index in [1.807, 2.05) is 31.2 Å². The van der Waals surface area contributed by atoms with E-state index in [1.54, 1.807) is 0 Å². The molecule has 0 spiro atoms. The van der Waals surface area contributed by atoms with Crippen LogP contribution in [0.15, 0.2) is 22.9 Å². The molecular weight excluding hydrogens is 260 g/mol. The standard InChI is InChI=1S/C10H15BrN2S/c1-12-10(7-14-2)4-8-3-9(11)6-13-5-8/h3,5-6,10,12H,4,7H2,1-2H3. The van der Waals surface area contributed by atoms with Gasteiger partial charge in [0.05, 0.1) is 0 Å². The molecule has 2 nitrogen and oxygen atoms in total. The fourth-order valence-corrected chi connectivity index (χ4v) is 2.40. The van der Waals surface area contributed by atoms with Crippen LogP contribution in [0, 0.1) is 0 Å². The van der Waals surface area contributed by atoms with Crippen LogP contribution in [0.25, 0.3) is 0 Å². The molecule has 4 heteroatoms. The number of rotatable bonds is 5. The maximum absolute atomic E-state index is 4.15. The molecule has 14 heavy (non-hydrogen) atoms. The number of nitrogens with one attached hydrogen (secondary N) is 1. The Morgan fingerprint density at radius 2 is 2.36 bits per heavy atom. The smallest absolute Gasteiger partial charge is 0.0410 e. The zero-order chi connectivity index (χ0) is 10.4. The zero-order valence-electron chi connectivity index (χ0n) is 8.46. The molecule has 1 aromatic heterocycles. The van der Waals surface area contributed by atoms with Crippen molar-refractivity contribution in [3.63, 3.8) is 0 Å². The Labute approximate surface area is 98.0 Å². The number of aromatic nitrogens is 1. The molecular formula is C10H15BrN2S. The van der Waals surface area contributed by atoms with Crippen molar-refractivity contribution in [2.45, 2.75) is 12.5 Å². The fourth-order valence-electron chi connectivity index (χ4n) is 1.30. The van der Waals surface area contributed by atoms with Gasteiger partial charge >= 0.3 is 0 Å². The monoisotopic (exact) mass is 274 g/mol. The minimum Gasteiger partial charge on any atom is -0.316 e. The highest BCUT2D eigenvalue weighted by Gasteiger charge is 2.06. The minimum absolute atomic E-state index is 0.529. The normalized spacial score (nSPS) is 12.8. The minimum atomic E-state index is 0.529. The van der Waals surface area contributed by atoms with Crippen LogP contribution in [0.3, 0.4) is 0 Å². The van der Waals surface area contributed by atoms with Gasteiger partial charge in [0.2, 0.25) is 0 Å². The third-order valence-electron chi connectivity index (χ3n) is 2.02. The Morgan fingerprint density at radius 1 is 1.57 bits per heavy atom. The molecule has 0 radical (unpaired) electrons. The Kier molecular flexibility index (Phi) is 5.52. The first-order valence-corrected chi connectivity index (χ1v) is 6.70. The maximum atomic E-state index is 4.15. The molecule has 0 aliphatic rings. The van der Waals surface area contributed by atoms with Crippen molar-refractivity contribution in [2.24, 2.45) is 0 Å². The van der Waals surface area contributed by atoms with Crippen LogP contribution >= 0.6 is 27.7 Å². The highest BCUT2D eigenvalue weighted by atomic mass is 79.9. The summed E-state index contributed by atoms with van der Waals surface area (Å²) in [7, 11) is 2.01. The van der Waals surface area contributed by atoms with Crippen LogP contribution in [-0.2, 0) is 6.42 Å². The van der Waals surface area contributed by atoms with E-state index in [-0.39, 0.29) is 0 Å². The first kappa shape index (κ1) is 12.0. The van der Waals surface area contributed by atoms with Crippen molar-refractivity contribution in [1.82, 2.24) is 10.3 Å². The van der Waals surface area contributed by atoms with E-state index in [1.165, 1.54) is 5.56 Å². The quantitative estimate of drug-likeness (QED) is 0.892. The molecule has 0 fully saturated rings. The van der Waals surface area contributed by atoms with E-state index in [0.29, 0.717) is 6.04 Å². The van der Waals surface area contributed by atoms with Crippen molar-refractivity contribution in [3.8, 4) is 0 Å². The third kappa shape index (κ3) is 3.98. The van der Waals surface area contributed by atoms with Crippen molar-refractivity contribution in [2.75, 3.05) is 19.1 Å². The molecule has 1 aromatic rings. The summed E-state index contributed by atoms with van der Waals surface area (Å²) in [6.45, 7) is 0. The first-order chi connectivity index (χ1) is 6.76. The molecule has 0 saturated heterocycles. The summed E-state index contributed by atoms with van der Waals surface area (Å²) in [4.78, 5) is 4.15. The van der Waals surface area contributed by atoms with Gasteiger partial charge in [0.25, 0.3) is 0 Å². The molecule has 0 amide bonds. The molecule has 0 aromatic carbocycles. The molecule has 78 valence electrons. The highest BCUT2D eigenvalue weighted by Crippen LogP contribution is 2.12. The molecule has 0 bridgehead atoms. The molecule has 1 N–H and O–H groups in total. The van der Waals surface area contributed by atoms with Crippen molar-refractivity contribution in [3.05, 3.63) is 28.5 Å². The van der Waals surface area contributed by atoms with Gasteiger partial charge < -0.3 is 5.32 Å². The Hall–Kier alpha value is -0.0600. The lowest BCUT2D eigenvalue weighted by Gasteiger charge is -2.14. The summed E-state index contributed by atoms with van der Waals surface area (Å²) in [5.74, 6) is 1.13. The number of nitrogens with zero attached hydrogens (tertiary/aromatic N) is 1. The van der Waals surface area contributed by atoms with E-state index in [2.05, 4.69) is 38.6 Å². The van der Waals surface area contributed by atoms with Crippen molar-refractivity contribution in [1.29, 1.82) is 0 Å². The number of likely N-dealkylation sites (N-methyl/N-ethyl adjacent to an activating group) is 1. The second kappa shape index (κ2) is 6.43. The number of halogens is 1. The van der Waals surface area contributed by atoms with Crippen molar-refractivity contribution < 1.29 is 0 Å². The predicted molar refractivity (Wildman–Crippen MR) is 66.9 cm³/mol. The van der Waals surface area contributed by atoms with Gasteiger partial charge in [-0.3, -0.25) is 4.98 Å². The summed E-state index contributed by atoms with van der Waals surface area (Å²) >= 11 is 5.29. The fraction of sp³-hybridized carbons (Fsp3) is 0.500. The largest absolute Gasteiger partial charge is 0.316 e. The summed E-state index contributed by atoms with van der Waals surface area (Å²) in [5, 5.41) is 3.31. The third-order valence-corrected chi connectivity index (χ3v) is 3.19. The molecule has 1 unspecified atom stereocenters. The Bertz CT molecular complexity index is 281. The maximum Gasteiger partial charge on any atom is 0.0410 e. The van der Waals surface area contributed by atoms with Crippen LogP contribution < -0.4 is 5.32 Å². The molecule has 1 atom stereocenters. The molecule has 0 aliphatic heterocycles. The number of thioether (sulfide) groups is 1. The Balaban J connectivity index is 2.57. The van der Waals surface area contributed by atoms with E-state index in [9.17, 15) is 0 Å². The van der Waals surface area contributed by atoms with Gasteiger partial charge in [-0.05, 0) is 47.3 Å². The lowest BCUT2D eigenvalue weighted by molar-refractivity contribution is 0.616. The van der Waals surface area contributed by atoms with Crippen LogP contribution in [0.2, 0.25) is 0 Å². The van der Waals surface area contributed by atoms with E-state index >= 15 is 0 Å². The van der Waals surface area contributed by atoms with Crippen LogP contribution in [-0.4, -0.2) is 30.1 Å². The molecule has 0 saturated carbocycles. The van der Waals surface area contributed by atoms with Gasteiger partial charge in [0.1, 0.15) is 0 Å². The highest BCUT2D eigenvalue weighted by molar-refractivity contribution is 9.10. The van der Waals surface area contributed by atoms with Gasteiger partial charge in [-0.2, -0.15) is 11.8 Å². The predicted octanol–water partition coefficient (Wildman–Crippen LogP) is 2.34. The summed E-state index contributed by atoms with van der Waals surface area (Å²) in [6, 6.07) is 2.65. The first-order valence-electron chi connectivity index (χ1n) is 4.52. The van der Waals surface area contributed by atoms with Gasteiger partial charge in [-0.1, -0.05) is 0 Å². The summed E-state index contributed by atoms with van der Waals surface area (Å²) in [5.41, 5.74) is 1.27. The topological polar surface area (TPSA) is 24.9 Å². The summed E-state index contributed by atoms with van der Waals surface area (Å²) in [6.07, 6.45) is 6.90. The summed E-state index contributed by atoms with van der Waals surface area (Å²) < 4.78 is 1.05. The average molecular weight is 275 g/mol.